The number of hydrogen-bond donors (Lipinski definition) is 2. The lowest BCUT2D eigenvalue weighted by molar-refractivity contribution is 1.26. The minimum absolute atomic E-state index is 0.557. The second-order valence-electron chi connectivity index (χ2n) is 1.83. The van der Waals surface area contributed by atoms with Crippen molar-refractivity contribution >= 4 is 23.5 Å². The van der Waals surface area contributed by atoms with Crippen molar-refractivity contribution in [1.82, 2.24) is 19.9 Å². The van der Waals surface area contributed by atoms with E-state index in [9.17, 15) is 0 Å². The maximum absolute atomic E-state index is 4.82. The molecule has 5 heteroatoms. The zero-order valence-electron chi connectivity index (χ0n) is 6.96. The summed E-state index contributed by atoms with van der Waals surface area (Å²) in [5, 5.41) is 0. The minimum atomic E-state index is 0.557. The lowest BCUT2D eigenvalue weighted by Gasteiger charge is -1.80. The number of H-pyrrole nitrogens is 2. The minimum Gasteiger partial charge on any atom is -0.314 e. The summed E-state index contributed by atoms with van der Waals surface area (Å²) in [4.78, 5) is 13.7. The van der Waals surface area contributed by atoms with Crippen molar-refractivity contribution in [3.8, 4) is 0 Å². The smallest absolute Gasteiger partial charge is 0.177 e. The van der Waals surface area contributed by atoms with E-state index in [2.05, 4.69) is 19.9 Å². The Kier molecular flexibility index (Phi) is 2.93. The quantitative estimate of drug-likeness (QED) is 0.613. The van der Waals surface area contributed by atoms with Crippen molar-refractivity contribution in [2.24, 2.45) is 0 Å². The van der Waals surface area contributed by atoms with E-state index in [4.69, 9.17) is 12.2 Å². The van der Waals surface area contributed by atoms with Crippen LogP contribution in [-0.4, -0.2) is 19.9 Å². The molecule has 64 valence electrons. The van der Waals surface area contributed by atoms with Crippen molar-refractivity contribution in [2.75, 3.05) is 0 Å². The molecule has 0 aliphatic carbocycles. The van der Waals surface area contributed by atoms with Crippen molar-refractivity contribution in [1.29, 1.82) is 0 Å². The van der Waals surface area contributed by atoms with Crippen LogP contribution < -0.4 is 0 Å². The standard InChI is InChI=1S/C5H4N4S.C2H6/c10-5-8-3-4(9-5)7-2-1-6-3;1-2/h1-2H,(H2,6,7,8,9,10);1-2H3. The van der Waals surface area contributed by atoms with E-state index < -0.39 is 0 Å². The molecule has 0 unspecified atom stereocenters. The second-order valence-corrected chi connectivity index (χ2v) is 2.24. The third kappa shape index (κ3) is 1.68. The van der Waals surface area contributed by atoms with Crippen molar-refractivity contribution in [3.63, 3.8) is 0 Å². The predicted octanol–water partition coefficient (Wildman–Crippen LogP) is 2.04. The molecule has 0 aromatic carbocycles. The number of nitrogens with one attached hydrogen (secondary N) is 2. The number of hydrogen-bond acceptors (Lipinski definition) is 3. The maximum Gasteiger partial charge on any atom is 0.177 e. The van der Waals surface area contributed by atoms with E-state index in [-0.39, 0.29) is 0 Å². The molecule has 2 aromatic heterocycles. The first-order valence-electron chi connectivity index (χ1n) is 3.75. The molecule has 0 radical (unpaired) electrons. The van der Waals surface area contributed by atoms with Crippen LogP contribution in [0.4, 0.5) is 0 Å². The Morgan fingerprint density at radius 1 is 1.08 bits per heavy atom. The van der Waals surface area contributed by atoms with Crippen LogP contribution in [0, 0.1) is 4.77 Å². The van der Waals surface area contributed by atoms with Gasteiger partial charge < -0.3 is 9.97 Å². The second kappa shape index (κ2) is 3.96. The van der Waals surface area contributed by atoms with E-state index in [1.54, 1.807) is 12.4 Å². The molecule has 0 fully saturated rings. The van der Waals surface area contributed by atoms with Crippen LogP contribution in [-0.2, 0) is 0 Å². The van der Waals surface area contributed by atoms with E-state index >= 15 is 0 Å². The highest BCUT2D eigenvalue weighted by molar-refractivity contribution is 7.71. The average Bonchev–Trinajstić information content (AvgIpc) is 2.48. The Bertz CT molecular complexity index is 367. The molecule has 2 N–H and O–H groups in total. The summed E-state index contributed by atoms with van der Waals surface area (Å²) in [7, 11) is 0. The molecular formula is C7H10N4S. The lowest BCUT2D eigenvalue weighted by atomic mass is 10.7. The summed E-state index contributed by atoms with van der Waals surface area (Å²) in [5.41, 5.74) is 1.40. The summed E-state index contributed by atoms with van der Waals surface area (Å²) in [6.07, 6.45) is 3.23. The Morgan fingerprint density at radius 3 is 1.92 bits per heavy atom. The Hall–Kier alpha value is -1.23. The molecule has 0 amide bonds. The predicted molar refractivity (Wildman–Crippen MR) is 50.4 cm³/mol. The van der Waals surface area contributed by atoms with E-state index in [1.165, 1.54) is 0 Å². The van der Waals surface area contributed by atoms with Gasteiger partial charge in [0.1, 0.15) is 0 Å². The van der Waals surface area contributed by atoms with Gasteiger partial charge in [0.15, 0.2) is 16.1 Å². The third-order valence-corrected chi connectivity index (χ3v) is 1.37. The number of aromatic amines is 2. The molecular weight excluding hydrogens is 172 g/mol. The lowest BCUT2D eigenvalue weighted by Crippen LogP contribution is -1.77. The topological polar surface area (TPSA) is 57.4 Å². The first kappa shape index (κ1) is 8.86. The molecule has 0 saturated heterocycles. The van der Waals surface area contributed by atoms with E-state index in [0.29, 0.717) is 16.1 Å². The van der Waals surface area contributed by atoms with Crippen molar-refractivity contribution in [3.05, 3.63) is 17.2 Å². The molecule has 0 aliphatic rings. The zero-order valence-corrected chi connectivity index (χ0v) is 7.77. The van der Waals surface area contributed by atoms with E-state index in [1.807, 2.05) is 13.8 Å². The van der Waals surface area contributed by atoms with Gasteiger partial charge >= 0.3 is 0 Å². The van der Waals surface area contributed by atoms with Gasteiger partial charge in [0.25, 0.3) is 0 Å². The summed E-state index contributed by atoms with van der Waals surface area (Å²) < 4.78 is 0.557. The first-order valence-corrected chi connectivity index (χ1v) is 4.16. The monoisotopic (exact) mass is 182 g/mol. The van der Waals surface area contributed by atoms with Gasteiger partial charge in [-0.2, -0.15) is 0 Å². The zero-order chi connectivity index (χ0) is 8.97. The Balaban J connectivity index is 0.000000336. The average molecular weight is 182 g/mol. The highest BCUT2D eigenvalue weighted by Crippen LogP contribution is 1.99. The fourth-order valence-corrected chi connectivity index (χ4v) is 0.961. The molecule has 2 heterocycles. The molecule has 0 atom stereocenters. The van der Waals surface area contributed by atoms with Crippen LogP contribution in [0.3, 0.4) is 0 Å². The third-order valence-electron chi connectivity index (χ3n) is 1.16. The molecule has 12 heavy (non-hydrogen) atoms. The van der Waals surface area contributed by atoms with Gasteiger partial charge in [-0.15, -0.1) is 0 Å². The summed E-state index contributed by atoms with van der Waals surface area (Å²) in [5.74, 6) is 0. The highest BCUT2D eigenvalue weighted by atomic mass is 32.1. The molecule has 0 bridgehead atoms. The summed E-state index contributed by atoms with van der Waals surface area (Å²) in [6, 6.07) is 0. The number of aromatic nitrogens is 4. The van der Waals surface area contributed by atoms with E-state index in [0.717, 1.165) is 0 Å². The number of fused-ring (bicyclic) bond motifs is 1. The summed E-state index contributed by atoms with van der Waals surface area (Å²) >= 11 is 4.82. The molecule has 4 nitrogen and oxygen atoms in total. The van der Waals surface area contributed by atoms with Crippen LogP contribution in [0.2, 0.25) is 0 Å². The number of rotatable bonds is 0. The molecule has 2 rings (SSSR count). The largest absolute Gasteiger partial charge is 0.314 e. The molecule has 2 aromatic rings. The number of nitrogens with zero attached hydrogens (tertiary/aromatic N) is 2. The van der Waals surface area contributed by atoms with Gasteiger partial charge in [0.05, 0.1) is 0 Å². The summed E-state index contributed by atoms with van der Waals surface area (Å²) in [6.45, 7) is 4.00. The van der Waals surface area contributed by atoms with Gasteiger partial charge in [-0.25, -0.2) is 9.97 Å². The highest BCUT2D eigenvalue weighted by Gasteiger charge is 1.93. The fourth-order valence-electron chi connectivity index (χ4n) is 0.767. The van der Waals surface area contributed by atoms with Crippen LogP contribution in [0.1, 0.15) is 13.8 Å². The maximum atomic E-state index is 4.82. The first-order chi connectivity index (χ1) is 5.86. The molecule has 0 aliphatic heterocycles. The van der Waals surface area contributed by atoms with Gasteiger partial charge in [-0.05, 0) is 12.2 Å². The normalized spacial score (nSPS) is 9.17. The van der Waals surface area contributed by atoms with Crippen LogP contribution in [0.5, 0.6) is 0 Å². The van der Waals surface area contributed by atoms with Gasteiger partial charge in [-0.3, -0.25) is 0 Å². The van der Waals surface area contributed by atoms with Crippen LogP contribution in [0.15, 0.2) is 12.4 Å². The van der Waals surface area contributed by atoms with Crippen molar-refractivity contribution < 1.29 is 0 Å². The van der Waals surface area contributed by atoms with Crippen LogP contribution in [0.25, 0.3) is 11.3 Å². The fraction of sp³-hybridized carbons (Fsp3) is 0.286. The Morgan fingerprint density at radius 2 is 1.50 bits per heavy atom. The SMILES string of the molecule is CC.S=c1[nH]c2nccnc2[nH]1. The molecule has 0 spiro atoms. The van der Waals surface area contributed by atoms with Crippen LogP contribution >= 0.6 is 12.2 Å². The van der Waals surface area contributed by atoms with Gasteiger partial charge in [-0.1, -0.05) is 13.8 Å². The van der Waals surface area contributed by atoms with Crippen molar-refractivity contribution in [2.45, 2.75) is 13.8 Å². The van der Waals surface area contributed by atoms with Gasteiger partial charge in [0, 0.05) is 12.4 Å². The number of imidazole rings is 1. The van der Waals surface area contributed by atoms with Gasteiger partial charge in [0.2, 0.25) is 0 Å². The Labute approximate surface area is 75.1 Å². The molecule has 0 saturated carbocycles.